The normalized spacial score (nSPS) is 16.3. The minimum atomic E-state index is -3.61. The van der Waals surface area contributed by atoms with Crippen LogP contribution < -0.4 is 5.32 Å². The van der Waals surface area contributed by atoms with Crippen LogP contribution in [0, 0.1) is 26.7 Å². The summed E-state index contributed by atoms with van der Waals surface area (Å²) in [6, 6.07) is 7.53. The highest BCUT2D eigenvalue weighted by Gasteiger charge is 2.33. The van der Waals surface area contributed by atoms with E-state index < -0.39 is 10.0 Å². The number of rotatable bonds is 5. The van der Waals surface area contributed by atoms with Gasteiger partial charge in [-0.3, -0.25) is 9.48 Å². The van der Waals surface area contributed by atoms with Crippen LogP contribution in [0.25, 0.3) is 0 Å². The molecule has 0 saturated carbocycles. The summed E-state index contributed by atoms with van der Waals surface area (Å²) in [6.07, 6.45) is 1.73. The molecule has 0 bridgehead atoms. The van der Waals surface area contributed by atoms with E-state index in [1.54, 1.807) is 18.2 Å². The van der Waals surface area contributed by atoms with E-state index in [2.05, 4.69) is 17.3 Å². The number of nitrogens with one attached hydrogen (secondary N) is 1. The molecule has 1 N–H and O–H groups in total. The van der Waals surface area contributed by atoms with Crippen molar-refractivity contribution < 1.29 is 13.2 Å². The summed E-state index contributed by atoms with van der Waals surface area (Å²) in [6.45, 7) is 8.51. The summed E-state index contributed by atoms with van der Waals surface area (Å²) in [5.41, 5.74) is 2.69. The lowest BCUT2D eigenvalue weighted by molar-refractivity contribution is -0.116. The second kappa shape index (κ2) is 8.05. The van der Waals surface area contributed by atoms with Gasteiger partial charge in [-0.2, -0.15) is 9.40 Å². The fourth-order valence-electron chi connectivity index (χ4n) is 3.62. The van der Waals surface area contributed by atoms with Gasteiger partial charge in [0.1, 0.15) is 11.4 Å². The van der Waals surface area contributed by atoms with Crippen molar-refractivity contribution in [1.82, 2.24) is 14.1 Å². The molecule has 0 radical (unpaired) electrons. The van der Waals surface area contributed by atoms with Gasteiger partial charge in [0.05, 0.1) is 11.4 Å². The lowest BCUT2D eigenvalue weighted by Crippen LogP contribution is -2.38. The standard InChI is InChI=1S/C20H28N4O3S/c1-14-8-10-23(11-9-14)28(26,27)20-16(3)22-24(17(20)4)13-19(25)21-18-7-5-6-15(2)12-18/h5-7,12,14H,8-11,13H2,1-4H3,(H,21,25). The number of amides is 1. The van der Waals surface area contributed by atoms with Crippen LogP contribution >= 0.6 is 0 Å². The lowest BCUT2D eigenvalue weighted by Gasteiger charge is -2.29. The van der Waals surface area contributed by atoms with E-state index in [0.717, 1.165) is 18.4 Å². The van der Waals surface area contributed by atoms with E-state index in [9.17, 15) is 13.2 Å². The highest BCUT2D eigenvalue weighted by molar-refractivity contribution is 7.89. The monoisotopic (exact) mass is 404 g/mol. The molecule has 1 aromatic heterocycles. The van der Waals surface area contributed by atoms with Crippen molar-refractivity contribution in [1.29, 1.82) is 0 Å². The number of benzene rings is 1. The summed E-state index contributed by atoms with van der Waals surface area (Å²) in [7, 11) is -3.61. The molecule has 2 heterocycles. The highest BCUT2D eigenvalue weighted by Crippen LogP contribution is 2.27. The van der Waals surface area contributed by atoms with E-state index in [1.807, 2.05) is 31.2 Å². The average molecular weight is 405 g/mol. The van der Waals surface area contributed by atoms with Gasteiger partial charge in [0.25, 0.3) is 0 Å². The molecular formula is C20H28N4O3S. The Kier molecular flexibility index (Phi) is 5.90. The third kappa shape index (κ3) is 4.28. The first-order chi connectivity index (χ1) is 13.2. The van der Waals surface area contributed by atoms with Crippen molar-refractivity contribution in [3.63, 3.8) is 0 Å². The molecule has 1 aliphatic heterocycles. The molecule has 0 atom stereocenters. The van der Waals surface area contributed by atoms with E-state index >= 15 is 0 Å². The van der Waals surface area contributed by atoms with Gasteiger partial charge in [0.15, 0.2) is 0 Å². The molecule has 1 saturated heterocycles. The Hall–Kier alpha value is -2.19. The lowest BCUT2D eigenvalue weighted by atomic mass is 10.0. The summed E-state index contributed by atoms with van der Waals surface area (Å²) in [5.74, 6) is 0.300. The van der Waals surface area contributed by atoms with Gasteiger partial charge >= 0.3 is 0 Å². The minimum absolute atomic E-state index is 0.0346. The van der Waals surface area contributed by atoms with Crippen molar-refractivity contribution in [2.24, 2.45) is 5.92 Å². The van der Waals surface area contributed by atoms with Gasteiger partial charge in [-0.1, -0.05) is 19.1 Å². The number of nitrogens with zero attached hydrogens (tertiary/aromatic N) is 3. The second-order valence-electron chi connectivity index (χ2n) is 7.66. The molecular weight excluding hydrogens is 376 g/mol. The van der Waals surface area contributed by atoms with Crippen molar-refractivity contribution >= 4 is 21.6 Å². The van der Waals surface area contributed by atoms with Crippen LogP contribution in [-0.2, 0) is 21.4 Å². The number of piperidine rings is 1. The molecule has 3 rings (SSSR count). The van der Waals surface area contributed by atoms with Gasteiger partial charge in [-0.25, -0.2) is 8.42 Å². The number of aromatic nitrogens is 2. The number of anilines is 1. The van der Waals surface area contributed by atoms with Gasteiger partial charge in [-0.05, 0) is 57.2 Å². The zero-order valence-corrected chi connectivity index (χ0v) is 17.7. The predicted octanol–water partition coefficient (Wildman–Crippen LogP) is 2.87. The molecule has 1 amide bonds. The molecule has 7 nitrogen and oxygen atoms in total. The summed E-state index contributed by atoms with van der Waals surface area (Å²) < 4.78 is 29.3. The quantitative estimate of drug-likeness (QED) is 0.830. The Balaban J connectivity index is 1.78. The summed E-state index contributed by atoms with van der Waals surface area (Å²) in [5, 5.41) is 7.17. The van der Waals surface area contributed by atoms with Gasteiger partial charge in [0.2, 0.25) is 15.9 Å². The largest absolute Gasteiger partial charge is 0.324 e. The van der Waals surface area contributed by atoms with Crippen molar-refractivity contribution in [2.75, 3.05) is 18.4 Å². The molecule has 2 aromatic rings. The first-order valence-electron chi connectivity index (χ1n) is 9.59. The molecule has 152 valence electrons. The molecule has 1 aromatic carbocycles. The maximum atomic E-state index is 13.1. The Bertz CT molecular complexity index is 973. The fraction of sp³-hybridized carbons (Fsp3) is 0.500. The van der Waals surface area contributed by atoms with E-state index in [4.69, 9.17) is 0 Å². The predicted molar refractivity (Wildman–Crippen MR) is 109 cm³/mol. The molecule has 1 aliphatic rings. The molecule has 28 heavy (non-hydrogen) atoms. The van der Waals surface area contributed by atoms with Crippen molar-refractivity contribution in [3.8, 4) is 0 Å². The SMILES string of the molecule is Cc1cccc(NC(=O)Cn2nc(C)c(S(=O)(=O)N3CCC(C)CC3)c2C)c1. The first kappa shape index (κ1) is 20.5. The van der Waals surface area contributed by atoms with Crippen LogP contribution in [0.15, 0.2) is 29.2 Å². The van der Waals surface area contributed by atoms with Gasteiger partial charge in [-0.15, -0.1) is 0 Å². The summed E-state index contributed by atoms with van der Waals surface area (Å²) >= 11 is 0. The van der Waals surface area contributed by atoms with Crippen LogP contribution in [0.2, 0.25) is 0 Å². The van der Waals surface area contributed by atoms with E-state index in [-0.39, 0.29) is 17.3 Å². The van der Waals surface area contributed by atoms with E-state index in [1.165, 1.54) is 4.68 Å². The molecule has 8 heteroatoms. The maximum absolute atomic E-state index is 13.1. The fourth-order valence-corrected chi connectivity index (χ4v) is 5.46. The Morgan fingerprint density at radius 3 is 2.54 bits per heavy atom. The highest BCUT2D eigenvalue weighted by atomic mass is 32.2. The van der Waals surface area contributed by atoms with Crippen molar-refractivity contribution in [3.05, 3.63) is 41.2 Å². The molecule has 0 aliphatic carbocycles. The van der Waals surface area contributed by atoms with Gasteiger partial charge < -0.3 is 5.32 Å². The molecule has 1 fully saturated rings. The number of aryl methyl sites for hydroxylation is 2. The topological polar surface area (TPSA) is 84.3 Å². The summed E-state index contributed by atoms with van der Waals surface area (Å²) in [4.78, 5) is 12.6. The zero-order chi connectivity index (χ0) is 20.5. The Morgan fingerprint density at radius 2 is 1.89 bits per heavy atom. The third-order valence-electron chi connectivity index (χ3n) is 5.25. The van der Waals surface area contributed by atoms with E-state index in [0.29, 0.717) is 36.1 Å². The minimum Gasteiger partial charge on any atom is -0.324 e. The van der Waals surface area contributed by atoms with Gasteiger partial charge in [0, 0.05) is 18.8 Å². The van der Waals surface area contributed by atoms with Crippen LogP contribution in [0.1, 0.15) is 36.7 Å². The third-order valence-corrected chi connectivity index (χ3v) is 7.40. The first-order valence-corrected chi connectivity index (χ1v) is 11.0. The smallest absolute Gasteiger partial charge is 0.246 e. The number of hydrogen-bond donors (Lipinski definition) is 1. The number of hydrogen-bond acceptors (Lipinski definition) is 4. The Morgan fingerprint density at radius 1 is 1.21 bits per heavy atom. The van der Waals surface area contributed by atoms with Crippen LogP contribution in [0.5, 0.6) is 0 Å². The van der Waals surface area contributed by atoms with Crippen LogP contribution in [-0.4, -0.2) is 41.5 Å². The zero-order valence-electron chi connectivity index (χ0n) is 16.9. The second-order valence-corrected chi connectivity index (χ2v) is 9.54. The maximum Gasteiger partial charge on any atom is 0.246 e. The van der Waals surface area contributed by atoms with Crippen LogP contribution in [0.3, 0.4) is 0 Å². The molecule has 0 spiro atoms. The number of sulfonamides is 1. The number of carbonyl (C=O) groups is 1. The average Bonchev–Trinajstić information content (AvgIpc) is 2.89. The van der Waals surface area contributed by atoms with Crippen LogP contribution in [0.4, 0.5) is 5.69 Å². The number of carbonyl (C=O) groups excluding carboxylic acids is 1. The van der Waals surface area contributed by atoms with Crippen molar-refractivity contribution in [2.45, 2.75) is 52.0 Å². The molecule has 0 unspecified atom stereocenters. The Labute approximate surface area is 166 Å².